The molecule has 0 aliphatic carbocycles. The van der Waals surface area contributed by atoms with Gasteiger partial charge in [0.25, 0.3) is 5.91 Å². The van der Waals surface area contributed by atoms with E-state index in [4.69, 9.17) is 5.11 Å². The molecule has 0 spiro atoms. The van der Waals surface area contributed by atoms with Crippen LogP contribution in [0.25, 0.3) is 6.08 Å². The normalized spacial score (nSPS) is 10.4. The number of carbonyl (C=O) groups excluding carboxylic acids is 1. The van der Waals surface area contributed by atoms with Crippen LogP contribution in [0.4, 0.5) is 5.69 Å². The Morgan fingerprint density at radius 3 is 2.50 bits per heavy atom. The second-order valence-electron chi connectivity index (χ2n) is 3.99. The van der Waals surface area contributed by atoms with Gasteiger partial charge in [-0.2, -0.15) is 0 Å². The fourth-order valence-electron chi connectivity index (χ4n) is 1.55. The van der Waals surface area contributed by atoms with Crippen LogP contribution in [0.5, 0.6) is 0 Å². The number of aliphatic carboxylic acids is 1. The number of rotatable bonds is 4. The van der Waals surface area contributed by atoms with Crippen LogP contribution in [0.15, 0.2) is 54.9 Å². The molecule has 1 heterocycles. The first kappa shape index (κ1) is 13.5. The molecule has 0 saturated heterocycles. The number of carboxylic acid groups (broad SMARTS) is 1. The predicted molar refractivity (Wildman–Crippen MR) is 75.3 cm³/mol. The molecule has 2 N–H and O–H groups in total. The van der Waals surface area contributed by atoms with Crippen molar-refractivity contribution in [2.24, 2.45) is 0 Å². The van der Waals surface area contributed by atoms with Crippen molar-refractivity contribution in [2.75, 3.05) is 5.32 Å². The van der Waals surface area contributed by atoms with Crippen molar-refractivity contribution in [1.29, 1.82) is 0 Å². The molecule has 0 saturated carbocycles. The predicted octanol–water partition coefficient (Wildman–Crippen LogP) is 2.43. The van der Waals surface area contributed by atoms with E-state index in [0.29, 0.717) is 16.8 Å². The molecule has 0 aliphatic heterocycles. The standard InChI is InChI=1S/C15H12N2O3/c18-14(19)8-5-11-3-6-12(7-4-11)15(20)17-13-2-1-9-16-10-13/h1-10H,(H,17,20)(H,18,19). The maximum Gasteiger partial charge on any atom is 0.328 e. The molecular formula is C15H12N2O3. The van der Waals surface area contributed by atoms with E-state index in [2.05, 4.69) is 10.3 Å². The summed E-state index contributed by atoms with van der Waals surface area (Å²) in [5, 5.41) is 11.2. The van der Waals surface area contributed by atoms with Crippen molar-refractivity contribution >= 4 is 23.6 Å². The van der Waals surface area contributed by atoms with Crippen molar-refractivity contribution in [3.05, 3.63) is 66.0 Å². The third-order valence-corrected chi connectivity index (χ3v) is 2.51. The molecule has 5 heteroatoms. The highest BCUT2D eigenvalue weighted by Crippen LogP contribution is 2.10. The van der Waals surface area contributed by atoms with Crippen molar-refractivity contribution in [1.82, 2.24) is 4.98 Å². The van der Waals surface area contributed by atoms with E-state index in [1.54, 1.807) is 48.8 Å². The summed E-state index contributed by atoms with van der Waals surface area (Å²) in [6.45, 7) is 0. The Morgan fingerprint density at radius 2 is 1.90 bits per heavy atom. The monoisotopic (exact) mass is 268 g/mol. The number of hydrogen-bond donors (Lipinski definition) is 2. The van der Waals surface area contributed by atoms with E-state index in [9.17, 15) is 9.59 Å². The lowest BCUT2D eigenvalue weighted by Crippen LogP contribution is -2.11. The van der Waals surface area contributed by atoms with Crippen LogP contribution in [0.1, 0.15) is 15.9 Å². The largest absolute Gasteiger partial charge is 0.478 e. The molecule has 1 aromatic heterocycles. The number of amides is 1. The number of nitrogens with one attached hydrogen (secondary N) is 1. The van der Waals surface area contributed by atoms with Crippen molar-refractivity contribution in [3.63, 3.8) is 0 Å². The van der Waals surface area contributed by atoms with Crippen LogP contribution >= 0.6 is 0 Å². The molecule has 2 rings (SSSR count). The van der Waals surface area contributed by atoms with Gasteiger partial charge in [-0.1, -0.05) is 12.1 Å². The van der Waals surface area contributed by atoms with Crippen LogP contribution in [0.3, 0.4) is 0 Å². The molecular weight excluding hydrogens is 256 g/mol. The SMILES string of the molecule is O=C(O)C=Cc1ccc(C(=O)Nc2cccnc2)cc1. The van der Waals surface area contributed by atoms with Crippen LogP contribution in [0.2, 0.25) is 0 Å². The summed E-state index contributed by atoms with van der Waals surface area (Å²) in [7, 11) is 0. The van der Waals surface area contributed by atoms with E-state index < -0.39 is 5.97 Å². The average Bonchev–Trinajstić information content (AvgIpc) is 2.46. The van der Waals surface area contributed by atoms with Gasteiger partial charge in [0.05, 0.1) is 11.9 Å². The van der Waals surface area contributed by atoms with E-state index >= 15 is 0 Å². The Hall–Kier alpha value is -2.95. The quantitative estimate of drug-likeness (QED) is 0.835. The topological polar surface area (TPSA) is 79.3 Å². The average molecular weight is 268 g/mol. The van der Waals surface area contributed by atoms with E-state index in [-0.39, 0.29) is 5.91 Å². The number of carboxylic acids is 1. The summed E-state index contributed by atoms with van der Waals surface area (Å²) in [4.78, 5) is 26.2. The van der Waals surface area contributed by atoms with Gasteiger partial charge in [-0.15, -0.1) is 0 Å². The molecule has 0 aliphatic rings. The molecule has 0 radical (unpaired) electrons. The maximum absolute atomic E-state index is 11.9. The van der Waals surface area contributed by atoms with Crippen molar-refractivity contribution in [3.8, 4) is 0 Å². The summed E-state index contributed by atoms with van der Waals surface area (Å²) >= 11 is 0. The number of aromatic nitrogens is 1. The number of anilines is 1. The molecule has 100 valence electrons. The van der Waals surface area contributed by atoms with Gasteiger partial charge in [-0.05, 0) is 35.9 Å². The Balaban J connectivity index is 2.06. The van der Waals surface area contributed by atoms with Gasteiger partial charge in [0.1, 0.15) is 0 Å². The Kier molecular flexibility index (Phi) is 4.24. The Morgan fingerprint density at radius 1 is 1.15 bits per heavy atom. The summed E-state index contributed by atoms with van der Waals surface area (Å²) in [5.74, 6) is -1.25. The smallest absolute Gasteiger partial charge is 0.328 e. The number of nitrogens with zero attached hydrogens (tertiary/aromatic N) is 1. The Bertz CT molecular complexity index is 634. The first-order valence-electron chi connectivity index (χ1n) is 5.87. The zero-order valence-corrected chi connectivity index (χ0v) is 10.5. The molecule has 1 aromatic carbocycles. The number of hydrogen-bond acceptors (Lipinski definition) is 3. The fraction of sp³-hybridized carbons (Fsp3) is 0. The molecule has 0 unspecified atom stereocenters. The molecule has 5 nitrogen and oxygen atoms in total. The first-order valence-corrected chi connectivity index (χ1v) is 5.87. The van der Waals surface area contributed by atoms with Crippen LogP contribution < -0.4 is 5.32 Å². The summed E-state index contributed by atoms with van der Waals surface area (Å²) in [5.41, 5.74) is 1.82. The summed E-state index contributed by atoms with van der Waals surface area (Å²) < 4.78 is 0. The van der Waals surface area contributed by atoms with Gasteiger partial charge in [0, 0.05) is 17.8 Å². The van der Waals surface area contributed by atoms with Crippen LogP contribution in [-0.2, 0) is 4.79 Å². The van der Waals surface area contributed by atoms with Crippen LogP contribution in [0, 0.1) is 0 Å². The maximum atomic E-state index is 11.9. The first-order chi connectivity index (χ1) is 9.65. The number of carbonyl (C=O) groups is 2. The van der Waals surface area contributed by atoms with E-state index in [0.717, 1.165) is 6.08 Å². The third kappa shape index (κ3) is 3.78. The molecule has 20 heavy (non-hydrogen) atoms. The number of benzene rings is 1. The van der Waals surface area contributed by atoms with Gasteiger partial charge in [0.15, 0.2) is 0 Å². The highest BCUT2D eigenvalue weighted by atomic mass is 16.4. The minimum absolute atomic E-state index is 0.244. The molecule has 0 bridgehead atoms. The van der Waals surface area contributed by atoms with Gasteiger partial charge in [-0.3, -0.25) is 9.78 Å². The minimum Gasteiger partial charge on any atom is -0.478 e. The van der Waals surface area contributed by atoms with Gasteiger partial charge < -0.3 is 10.4 Å². The lowest BCUT2D eigenvalue weighted by atomic mass is 10.1. The highest BCUT2D eigenvalue weighted by molar-refractivity contribution is 6.04. The van der Waals surface area contributed by atoms with Crippen molar-refractivity contribution < 1.29 is 14.7 Å². The van der Waals surface area contributed by atoms with Crippen molar-refractivity contribution in [2.45, 2.75) is 0 Å². The summed E-state index contributed by atoms with van der Waals surface area (Å²) in [6.07, 6.45) is 5.69. The fourth-order valence-corrected chi connectivity index (χ4v) is 1.55. The van der Waals surface area contributed by atoms with Gasteiger partial charge >= 0.3 is 5.97 Å². The number of pyridine rings is 1. The Labute approximate surface area is 115 Å². The second kappa shape index (κ2) is 6.29. The van der Waals surface area contributed by atoms with Gasteiger partial charge in [-0.25, -0.2) is 4.79 Å². The highest BCUT2D eigenvalue weighted by Gasteiger charge is 2.05. The molecule has 2 aromatic rings. The second-order valence-corrected chi connectivity index (χ2v) is 3.99. The summed E-state index contributed by atoms with van der Waals surface area (Å²) in [6, 6.07) is 10.1. The molecule has 1 amide bonds. The lowest BCUT2D eigenvalue weighted by Gasteiger charge is -2.04. The molecule has 0 fully saturated rings. The zero-order valence-electron chi connectivity index (χ0n) is 10.5. The minimum atomic E-state index is -1.01. The zero-order chi connectivity index (χ0) is 14.4. The lowest BCUT2D eigenvalue weighted by molar-refractivity contribution is -0.131. The van der Waals surface area contributed by atoms with E-state index in [1.165, 1.54) is 6.08 Å². The third-order valence-electron chi connectivity index (χ3n) is 2.51. The van der Waals surface area contributed by atoms with Crippen LogP contribution in [-0.4, -0.2) is 22.0 Å². The van der Waals surface area contributed by atoms with Gasteiger partial charge in [0.2, 0.25) is 0 Å². The molecule has 0 atom stereocenters. The van der Waals surface area contributed by atoms with E-state index in [1.807, 2.05) is 0 Å².